The Labute approximate surface area is 116 Å². The van der Waals surface area contributed by atoms with Crippen molar-refractivity contribution in [1.29, 1.82) is 0 Å². The zero-order valence-electron chi connectivity index (χ0n) is 11.0. The van der Waals surface area contributed by atoms with Crippen LogP contribution in [0.3, 0.4) is 0 Å². The van der Waals surface area contributed by atoms with Crippen LogP contribution in [0.25, 0.3) is 10.8 Å². The van der Waals surface area contributed by atoms with E-state index in [2.05, 4.69) is 10.3 Å². The van der Waals surface area contributed by atoms with Gasteiger partial charge in [-0.1, -0.05) is 12.1 Å². The van der Waals surface area contributed by atoms with Gasteiger partial charge in [0.15, 0.2) is 0 Å². The number of rotatable bonds is 2. The highest BCUT2D eigenvalue weighted by Crippen LogP contribution is 2.31. The van der Waals surface area contributed by atoms with Crippen LogP contribution >= 0.6 is 0 Å². The summed E-state index contributed by atoms with van der Waals surface area (Å²) in [6.07, 6.45) is 3.47. The van der Waals surface area contributed by atoms with Gasteiger partial charge in [0.2, 0.25) is 0 Å². The Morgan fingerprint density at radius 1 is 1.10 bits per heavy atom. The summed E-state index contributed by atoms with van der Waals surface area (Å²) in [5, 5.41) is 5.10. The Bertz CT molecular complexity index is 784. The summed E-state index contributed by atoms with van der Waals surface area (Å²) in [7, 11) is 0. The van der Waals surface area contributed by atoms with Gasteiger partial charge in [0, 0.05) is 28.9 Å². The van der Waals surface area contributed by atoms with Gasteiger partial charge in [-0.25, -0.2) is 4.39 Å². The molecule has 2 aromatic carbocycles. The third kappa shape index (κ3) is 2.16. The predicted molar refractivity (Wildman–Crippen MR) is 80.6 cm³/mol. The lowest BCUT2D eigenvalue weighted by Crippen LogP contribution is -1.99. The summed E-state index contributed by atoms with van der Waals surface area (Å²) in [5.74, 6) is -0.276. The van der Waals surface area contributed by atoms with Crippen molar-refractivity contribution in [3.05, 3.63) is 60.2 Å². The first-order valence-corrected chi connectivity index (χ1v) is 6.30. The second kappa shape index (κ2) is 4.81. The number of benzene rings is 2. The second-order valence-electron chi connectivity index (χ2n) is 4.71. The molecule has 0 saturated carbocycles. The summed E-state index contributed by atoms with van der Waals surface area (Å²) in [6, 6.07) is 10.3. The average Bonchev–Trinajstić information content (AvgIpc) is 2.46. The topological polar surface area (TPSA) is 50.9 Å². The Morgan fingerprint density at radius 2 is 1.95 bits per heavy atom. The molecular formula is C16H14FN3. The van der Waals surface area contributed by atoms with E-state index in [-0.39, 0.29) is 5.82 Å². The van der Waals surface area contributed by atoms with Crippen molar-refractivity contribution >= 4 is 27.8 Å². The zero-order chi connectivity index (χ0) is 14.1. The number of pyridine rings is 1. The quantitative estimate of drug-likeness (QED) is 0.690. The minimum atomic E-state index is -0.276. The van der Waals surface area contributed by atoms with Crippen molar-refractivity contribution in [2.45, 2.75) is 6.92 Å². The fourth-order valence-electron chi connectivity index (χ4n) is 2.18. The first-order valence-electron chi connectivity index (χ1n) is 6.30. The number of hydrogen-bond donors (Lipinski definition) is 2. The molecule has 3 N–H and O–H groups in total. The van der Waals surface area contributed by atoms with Gasteiger partial charge in [-0.15, -0.1) is 0 Å². The van der Waals surface area contributed by atoms with Crippen LogP contribution in [0.1, 0.15) is 5.56 Å². The molecule has 100 valence electrons. The largest absolute Gasteiger partial charge is 0.397 e. The first-order chi connectivity index (χ1) is 9.65. The van der Waals surface area contributed by atoms with E-state index in [0.29, 0.717) is 11.4 Å². The molecule has 0 bridgehead atoms. The third-order valence-electron chi connectivity index (χ3n) is 3.33. The van der Waals surface area contributed by atoms with E-state index >= 15 is 0 Å². The number of halogens is 1. The SMILES string of the molecule is Cc1ccc(F)cc1Nc1ccc2cnccc2c1N. The number of nitrogens with one attached hydrogen (secondary N) is 1. The lowest BCUT2D eigenvalue weighted by molar-refractivity contribution is 0.628. The minimum Gasteiger partial charge on any atom is -0.397 e. The number of nitrogens with two attached hydrogens (primary N) is 1. The van der Waals surface area contributed by atoms with Gasteiger partial charge in [0.25, 0.3) is 0 Å². The summed E-state index contributed by atoms with van der Waals surface area (Å²) in [5.41, 5.74) is 9.24. The van der Waals surface area contributed by atoms with Gasteiger partial charge >= 0.3 is 0 Å². The number of aryl methyl sites for hydroxylation is 1. The molecule has 0 radical (unpaired) electrons. The molecule has 0 amide bonds. The lowest BCUT2D eigenvalue weighted by atomic mass is 10.1. The molecule has 0 unspecified atom stereocenters. The van der Waals surface area contributed by atoms with E-state index in [1.807, 2.05) is 25.1 Å². The third-order valence-corrected chi connectivity index (χ3v) is 3.33. The minimum absolute atomic E-state index is 0.276. The van der Waals surface area contributed by atoms with Crippen LogP contribution in [0, 0.1) is 12.7 Å². The Balaban J connectivity index is 2.07. The van der Waals surface area contributed by atoms with Crippen LogP contribution in [0.5, 0.6) is 0 Å². The lowest BCUT2D eigenvalue weighted by Gasteiger charge is -2.13. The molecule has 0 spiro atoms. The highest BCUT2D eigenvalue weighted by molar-refractivity contribution is 5.99. The molecule has 20 heavy (non-hydrogen) atoms. The summed E-state index contributed by atoms with van der Waals surface area (Å²) in [6.45, 7) is 1.92. The standard InChI is InChI=1S/C16H14FN3/c1-10-2-4-12(17)8-15(10)20-14-5-3-11-9-19-7-6-13(11)16(14)18/h2-9,20H,18H2,1H3. The number of fused-ring (bicyclic) bond motifs is 1. The molecule has 0 atom stereocenters. The number of nitrogen functional groups attached to an aromatic ring is 1. The normalized spacial score (nSPS) is 10.7. The van der Waals surface area contributed by atoms with E-state index in [1.165, 1.54) is 12.1 Å². The highest BCUT2D eigenvalue weighted by Gasteiger charge is 2.07. The van der Waals surface area contributed by atoms with Gasteiger partial charge in [-0.3, -0.25) is 4.98 Å². The van der Waals surface area contributed by atoms with Crippen molar-refractivity contribution in [3.8, 4) is 0 Å². The van der Waals surface area contributed by atoms with Crippen LogP contribution < -0.4 is 11.1 Å². The fourth-order valence-corrected chi connectivity index (χ4v) is 2.18. The van der Waals surface area contributed by atoms with E-state index in [9.17, 15) is 4.39 Å². The summed E-state index contributed by atoms with van der Waals surface area (Å²) < 4.78 is 13.3. The number of hydrogen-bond acceptors (Lipinski definition) is 3. The van der Waals surface area contributed by atoms with Gasteiger partial charge in [0.1, 0.15) is 5.82 Å². The highest BCUT2D eigenvalue weighted by atomic mass is 19.1. The molecule has 4 heteroatoms. The monoisotopic (exact) mass is 267 g/mol. The van der Waals surface area contributed by atoms with Crippen molar-refractivity contribution in [3.63, 3.8) is 0 Å². The summed E-state index contributed by atoms with van der Waals surface area (Å²) in [4.78, 5) is 4.07. The molecule has 0 aliphatic rings. The maximum absolute atomic E-state index is 13.3. The van der Waals surface area contributed by atoms with Gasteiger partial charge < -0.3 is 11.1 Å². The Hall–Kier alpha value is -2.62. The number of anilines is 3. The van der Waals surface area contributed by atoms with Crippen LogP contribution in [0.4, 0.5) is 21.5 Å². The molecule has 3 nitrogen and oxygen atoms in total. The maximum Gasteiger partial charge on any atom is 0.125 e. The van der Waals surface area contributed by atoms with Crippen LogP contribution in [-0.2, 0) is 0 Å². The fraction of sp³-hybridized carbons (Fsp3) is 0.0625. The van der Waals surface area contributed by atoms with E-state index < -0.39 is 0 Å². The smallest absolute Gasteiger partial charge is 0.125 e. The van der Waals surface area contributed by atoms with Gasteiger partial charge in [-0.2, -0.15) is 0 Å². The van der Waals surface area contributed by atoms with Crippen LogP contribution in [0.2, 0.25) is 0 Å². The van der Waals surface area contributed by atoms with E-state index in [4.69, 9.17) is 5.73 Å². The Morgan fingerprint density at radius 3 is 2.80 bits per heavy atom. The zero-order valence-corrected chi connectivity index (χ0v) is 11.0. The van der Waals surface area contributed by atoms with E-state index in [0.717, 1.165) is 22.0 Å². The second-order valence-corrected chi connectivity index (χ2v) is 4.71. The molecule has 0 aliphatic carbocycles. The van der Waals surface area contributed by atoms with Crippen molar-refractivity contribution in [2.75, 3.05) is 11.1 Å². The Kier molecular flexibility index (Phi) is 2.99. The van der Waals surface area contributed by atoms with Crippen molar-refractivity contribution < 1.29 is 4.39 Å². The predicted octanol–water partition coefficient (Wildman–Crippen LogP) is 4.01. The molecular weight excluding hydrogens is 253 g/mol. The van der Waals surface area contributed by atoms with Crippen LogP contribution in [0.15, 0.2) is 48.8 Å². The molecule has 1 heterocycles. The molecule has 1 aromatic heterocycles. The van der Waals surface area contributed by atoms with Crippen molar-refractivity contribution in [2.24, 2.45) is 0 Å². The first kappa shape index (κ1) is 12.4. The molecule has 3 aromatic rings. The molecule has 3 rings (SSSR count). The molecule has 0 aliphatic heterocycles. The van der Waals surface area contributed by atoms with Gasteiger partial charge in [0.05, 0.1) is 11.4 Å². The number of aromatic nitrogens is 1. The van der Waals surface area contributed by atoms with Crippen molar-refractivity contribution in [1.82, 2.24) is 4.98 Å². The van der Waals surface area contributed by atoms with Gasteiger partial charge in [-0.05, 0) is 36.8 Å². The average molecular weight is 267 g/mol. The van der Waals surface area contributed by atoms with E-state index in [1.54, 1.807) is 18.5 Å². The maximum atomic E-state index is 13.3. The molecule has 0 fully saturated rings. The number of nitrogens with zero attached hydrogens (tertiary/aromatic N) is 1. The molecule has 0 saturated heterocycles. The summed E-state index contributed by atoms with van der Waals surface area (Å²) >= 11 is 0. The van der Waals surface area contributed by atoms with Crippen LogP contribution in [-0.4, -0.2) is 4.98 Å².